The number of hydrogen-bond donors (Lipinski definition) is 1. The van der Waals surface area contributed by atoms with E-state index in [0.717, 1.165) is 25.3 Å². The summed E-state index contributed by atoms with van der Waals surface area (Å²) in [5.74, 6) is 0. The number of carbonyl (C=O) groups excluding carboxylic acids is 1. The lowest BCUT2D eigenvalue weighted by Gasteiger charge is -2.24. The third-order valence-corrected chi connectivity index (χ3v) is 5.47. The van der Waals surface area contributed by atoms with Crippen LogP contribution in [0.25, 0.3) is 0 Å². The first kappa shape index (κ1) is 17.4. The highest BCUT2D eigenvalue weighted by atomic mass is 28.4. The Balaban J connectivity index is 3.58. The minimum absolute atomic E-state index is 0.355. The third-order valence-electron chi connectivity index (χ3n) is 2.64. The number of carbonyl (C=O) groups is 1. The van der Waals surface area contributed by atoms with Crippen LogP contribution in [-0.4, -0.2) is 49.4 Å². The fourth-order valence-electron chi connectivity index (χ4n) is 1.57. The molecule has 1 amide bonds. The molecule has 1 N–H and O–H groups in total. The number of rotatable bonds is 10. The van der Waals surface area contributed by atoms with Gasteiger partial charge in [-0.05, 0) is 19.8 Å². The van der Waals surface area contributed by atoms with Crippen LogP contribution in [0.4, 0.5) is 4.79 Å². The van der Waals surface area contributed by atoms with Crippen molar-refractivity contribution in [2.45, 2.75) is 32.2 Å². The molecular formula is C11H25NO5Si. The van der Waals surface area contributed by atoms with Crippen molar-refractivity contribution in [2.75, 3.05) is 34.5 Å². The number of unbranched alkanes of at least 4 members (excludes halogenated alkanes) is 2. The highest BCUT2D eigenvalue weighted by Crippen LogP contribution is 2.16. The van der Waals surface area contributed by atoms with Crippen molar-refractivity contribution in [1.82, 2.24) is 5.32 Å². The second-order valence-electron chi connectivity index (χ2n) is 3.75. The van der Waals surface area contributed by atoms with Crippen molar-refractivity contribution in [2.24, 2.45) is 0 Å². The van der Waals surface area contributed by atoms with Crippen molar-refractivity contribution in [1.29, 1.82) is 0 Å². The summed E-state index contributed by atoms with van der Waals surface area (Å²) in [7, 11) is 2.41. The summed E-state index contributed by atoms with van der Waals surface area (Å²) in [6.07, 6.45) is 2.48. The van der Waals surface area contributed by atoms with Crippen molar-refractivity contribution < 1.29 is 22.8 Å². The van der Waals surface area contributed by atoms with Crippen LogP contribution in [0.5, 0.6) is 0 Å². The Bertz CT molecular complexity index is 215. The standard InChI is InChI=1S/C11H25NO5Si/c1-5-17-11(13)12-9-7-6-8-10-18(14-2,15-3)16-4/h5-10H2,1-4H3,(H,12,13). The maximum absolute atomic E-state index is 11.0. The van der Waals surface area contributed by atoms with Gasteiger partial charge in [0.15, 0.2) is 0 Å². The fourth-order valence-corrected chi connectivity index (χ4v) is 3.37. The van der Waals surface area contributed by atoms with Crippen LogP contribution in [0.15, 0.2) is 0 Å². The summed E-state index contributed by atoms with van der Waals surface area (Å²) in [4.78, 5) is 11.0. The van der Waals surface area contributed by atoms with E-state index in [-0.39, 0.29) is 6.09 Å². The molecule has 0 atom stereocenters. The van der Waals surface area contributed by atoms with Gasteiger partial charge >= 0.3 is 14.9 Å². The van der Waals surface area contributed by atoms with Gasteiger partial charge in [0, 0.05) is 33.9 Å². The van der Waals surface area contributed by atoms with E-state index in [0.29, 0.717) is 13.2 Å². The maximum atomic E-state index is 11.0. The van der Waals surface area contributed by atoms with E-state index in [2.05, 4.69) is 5.32 Å². The largest absolute Gasteiger partial charge is 0.500 e. The Hall–Kier alpha value is -0.633. The topological polar surface area (TPSA) is 66.0 Å². The first-order valence-electron chi connectivity index (χ1n) is 6.20. The van der Waals surface area contributed by atoms with E-state index in [9.17, 15) is 4.79 Å². The van der Waals surface area contributed by atoms with Crippen LogP contribution in [0.1, 0.15) is 26.2 Å². The minimum atomic E-state index is -2.42. The molecule has 0 unspecified atom stereocenters. The van der Waals surface area contributed by atoms with Crippen LogP contribution in [0.2, 0.25) is 6.04 Å². The van der Waals surface area contributed by atoms with Crippen molar-refractivity contribution in [3.05, 3.63) is 0 Å². The van der Waals surface area contributed by atoms with Gasteiger partial charge in [0.05, 0.1) is 6.61 Å². The lowest BCUT2D eigenvalue weighted by Crippen LogP contribution is -2.42. The van der Waals surface area contributed by atoms with Crippen molar-refractivity contribution in [3.8, 4) is 0 Å². The van der Waals surface area contributed by atoms with E-state index in [1.165, 1.54) is 0 Å². The Labute approximate surface area is 110 Å². The first-order valence-corrected chi connectivity index (χ1v) is 8.13. The molecule has 0 aliphatic rings. The van der Waals surface area contributed by atoms with Gasteiger partial charge in [-0.25, -0.2) is 4.79 Å². The molecule has 0 rings (SSSR count). The predicted molar refractivity (Wildman–Crippen MR) is 70.5 cm³/mol. The van der Waals surface area contributed by atoms with E-state index in [1.54, 1.807) is 28.3 Å². The molecule has 6 nitrogen and oxygen atoms in total. The lowest BCUT2D eigenvalue weighted by molar-refractivity contribution is 0.122. The van der Waals surface area contributed by atoms with Crippen LogP contribution in [-0.2, 0) is 18.0 Å². The smallest absolute Gasteiger partial charge is 0.450 e. The maximum Gasteiger partial charge on any atom is 0.500 e. The van der Waals surface area contributed by atoms with E-state index >= 15 is 0 Å². The molecule has 0 heterocycles. The summed E-state index contributed by atoms with van der Waals surface area (Å²) in [5, 5.41) is 2.68. The quantitative estimate of drug-likeness (QED) is 0.488. The molecule has 0 aliphatic heterocycles. The van der Waals surface area contributed by atoms with E-state index in [1.807, 2.05) is 0 Å². The summed E-state index contributed by atoms with van der Waals surface area (Å²) < 4.78 is 20.7. The molecule has 0 fully saturated rings. The molecular weight excluding hydrogens is 254 g/mol. The van der Waals surface area contributed by atoms with Crippen molar-refractivity contribution in [3.63, 3.8) is 0 Å². The van der Waals surface area contributed by atoms with Gasteiger partial charge in [0.2, 0.25) is 0 Å². The van der Waals surface area contributed by atoms with Gasteiger partial charge in [-0.3, -0.25) is 0 Å². The predicted octanol–water partition coefficient (Wildman–Crippen LogP) is 1.78. The van der Waals surface area contributed by atoms with Gasteiger partial charge in [-0.2, -0.15) is 0 Å². The number of nitrogens with one attached hydrogen (secondary N) is 1. The second-order valence-corrected chi connectivity index (χ2v) is 6.84. The van der Waals surface area contributed by atoms with Crippen LogP contribution < -0.4 is 5.32 Å². The molecule has 0 bridgehead atoms. The number of alkyl carbamates (subject to hydrolysis) is 1. The van der Waals surface area contributed by atoms with Gasteiger partial charge in [-0.15, -0.1) is 0 Å². The molecule has 0 saturated heterocycles. The van der Waals surface area contributed by atoms with Gasteiger partial charge in [-0.1, -0.05) is 6.42 Å². The minimum Gasteiger partial charge on any atom is -0.450 e. The molecule has 18 heavy (non-hydrogen) atoms. The number of amides is 1. The number of hydrogen-bond acceptors (Lipinski definition) is 5. The molecule has 0 aromatic carbocycles. The van der Waals surface area contributed by atoms with Crippen LogP contribution in [0, 0.1) is 0 Å². The van der Waals surface area contributed by atoms with Gasteiger partial charge < -0.3 is 23.3 Å². The summed E-state index contributed by atoms with van der Waals surface area (Å²) >= 11 is 0. The zero-order valence-electron chi connectivity index (χ0n) is 11.8. The SMILES string of the molecule is CCOC(=O)NCCCCC[Si](OC)(OC)OC. The monoisotopic (exact) mass is 279 g/mol. The number of ether oxygens (including phenoxy) is 1. The molecule has 0 saturated carbocycles. The molecule has 108 valence electrons. The third kappa shape index (κ3) is 6.95. The molecule has 0 aromatic rings. The van der Waals surface area contributed by atoms with E-state index in [4.69, 9.17) is 18.0 Å². The molecule has 0 radical (unpaired) electrons. The van der Waals surface area contributed by atoms with Crippen LogP contribution in [0.3, 0.4) is 0 Å². The van der Waals surface area contributed by atoms with Gasteiger partial charge in [0.25, 0.3) is 0 Å². The Morgan fingerprint density at radius 3 is 2.17 bits per heavy atom. The second kappa shape index (κ2) is 10.3. The molecule has 7 heteroatoms. The normalized spacial score (nSPS) is 11.3. The van der Waals surface area contributed by atoms with Gasteiger partial charge in [0.1, 0.15) is 0 Å². The van der Waals surface area contributed by atoms with E-state index < -0.39 is 8.80 Å². The summed E-state index contributed by atoms with van der Waals surface area (Å²) in [6.45, 7) is 2.81. The highest BCUT2D eigenvalue weighted by Gasteiger charge is 2.36. The molecule has 0 aliphatic carbocycles. The average molecular weight is 279 g/mol. The highest BCUT2D eigenvalue weighted by molar-refractivity contribution is 6.60. The summed E-state index contributed by atoms with van der Waals surface area (Å²) in [6, 6.07) is 0.788. The fraction of sp³-hybridized carbons (Fsp3) is 0.909. The van der Waals surface area contributed by atoms with Crippen LogP contribution >= 0.6 is 0 Å². The average Bonchev–Trinajstić information content (AvgIpc) is 2.39. The summed E-state index contributed by atoms with van der Waals surface area (Å²) in [5.41, 5.74) is 0. The Morgan fingerprint density at radius 2 is 1.67 bits per heavy atom. The Kier molecular flexibility index (Phi) is 9.94. The molecule has 0 aromatic heterocycles. The Morgan fingerprint density at radius 1 is 1.06 bits per heavy atom. The zero-order chi connectivity index (χ0) is 13.9. The zero-order valence-corrected chi connectivity index (χ0v) is 12.8. The van der Waals surface area contributed by atoms with Crippen molar-refractivity contribution >= 4 is 14.9 Å². The lowest BCUT2D eigenvalue weighted by atomic mass is 10.2. The molecule has 0 spiro atoms. The first-order chi connectivity index (χ1) is 8.64.